The summed E-state index contributed by atoms with van der Waals surface area (Å²) in [6.07, 6.45) is 5.24. The van der Waals surface area contributed by atoms with E-state index in [0.717, 1.165) is 0 Å². The molecule has 1 rings (SSSR count). The fourth-order valence-electron chi connectivity index (χ4n) is 1.01. The van der Waals surface area contributed by atoms with E-state index in [1.807, 2.05) is 0 Å². The van der Waals surface area contributed by atoms with Crippen molar-refractivity contribution in [3.63, 3.8) is 0 Å². The lowest BCUT2D eigenvalue weighted by atomic mass is 10.2. The van der Waals surface area contributed by atoms with Crippen LogP contribution in [-0.4, -0.2) is 13.0 Å². The molecule has 0 heterocycles. The Balaban J connectivity index is 3.30. The van der Waals surface area contributed by atoms with Gasteiger partial charge in [0.1, 0.15) is 0 Å². The van der Waals surface area contributed by atoms with Gasteiger partial charge in [0.15, 0.2) is 0 Å². The van der Waals surface area contributed by atoms with Crippen molar-refractivity contribution in [2.45, 2.75) is 11.3 Å². The first-order valence-corrected chi connectivity index (χ1v) is 4.98. The minimum absolute atomic E-state index is 0.118. The summed E-state index contributed by atoms with van der Waals surface area (Å²) in [5.74, 6) is 2.32. The predicted molar refractivity (Wildman–Crippen MR) is 48.8 cm³/mol. The van der Waals surface area contributed by atoms with Crippen molar-refractivity contribution in [2.75, 3.05) is 0 Å². The van der Waals surface area contributed by atoms with Gasteiger partial charge < -0.3 is 0 Å². The van der Waals surface area contributed by atoms with Crippen molar-refractivity contribution in [1.82, 2.24) is 0 Å². The van der Waals surface area contributed by atoms with Crippen molar-refractivity contribution >= 4 is 10.1 Å². The normalized spacial score (nSPS) is 10.8. The van der Waals surface area contributed by atoms with Crippen molar-refractivity contribution in [1.29, 1.82) is 0 Å². The van der Waals surface area contributed by atoms with Crippen LogP contribution in [0.5, 0.6) is 0 Å². The molecule has 0 aliphatic rings. The molecular formula is C9H8O3S. The molecule has 0 bridgehead atoms. The number of hydrogen-bond acceptors (Lipinski definition) is 2. The maximum absolute atomic E-state index is 10.8. The van der Waals surface area contributed by atoms with Gasteiger partial charge in [-0.2, -0.15) is 8.42 Å². The zero-order valence-corrected chi connectivity index (χ0v) is 7.58. The van der Waals surface area contributed by atoms with Crippen LogP contribution in [0.4, 0.5) is 0 Å². The summed E-state index contributed by atoms with van der Waals surface area (Å²) < 4.78 is 30.4. The second-order valence-electron chi connectivity index (χ2n) is 2.46. The molecule has 3 nitrogen and oxygen atoms in total. The number of rotatable bonds is 2. The highest BCUT2D eigenvalue weighted by Gasteiger charge is 2.12. The molecule has 0 unspecified atom stereocenters. The molecule has 68 valence electrons. The third kappa shape index (κ3) is 2.31. The smallest absolute Gasteiger partial charge is 0.282 e. The lowest BCUT2D eigenvalue weighted by Gasteiger charge is -2.02. The Kier molecular flexibility index (Phi) is 2.71. The van der Waals surface area contributed by atoms with Gasteiger partial charge in [0.25, 0.3) is 10.1 Å². The van der Waals surface area contributed by atoms with Crippen LogP contribution in [0.1, 0.15) is 5.56 Å². The number of benzene rings is 1. The van der Waals surface area contributed by atoms with E-state index in [1.165, 1.54) is 12.1 Å². The van der Waals surface area contributed by atoms with Gasteiger partial charge in [-0.25, -0.2) is 0 Å². The van der Waals surface area contributed by atoms with Gasteiger partial charge in [-0.05, 0) is 11.6 Å². The lowest BCUT2D eigenvalue weighted by Crippen LogP contribution is -2.02. The summed E-state index contributed by atoms with van der Waals surface area (Å²) in [5, 5.41) is 0. The molecule has 1 N–H and O–H groups in total. The van der Waals surface area contributed by atoms with Crippen LogP contribution in [-0.2, 0) is 16.5 Å². The third-order valence-corrected chi connectivity index (χ3v) is 2.50. The Morgan fingerprint density at radius 3 is 2.54 bits per heavy atom. The van der Waals surface area contributed by atoms with Crippen LogP contribution in [0, 0.1) is 12.3 Å². The van der Waals surface area contributed by atoms with Gasteiger partial charge in [-0.3, -0.25) is 4.55 Å². The van der Waals surface area contributed by atoms with Crippen LogP contribution < -0.4 is 0 Å². The summed E-state index contributed by atoms with van der Waals surface area (Å²) in [6.45, 7) is 0. The van der Waals surface area contributed by atoms with Crippen molar-refractivity contribution in [2.24, 2.45) is 0 Å². The Labute approximate surface area is 77.2 Å². The molecule has 0 fully saturated rings. The molecule has 0 atom stereocenters. The van der Waals surface area contributed by atoms with Crippen LogP contribution >= 0.6 is 0 Å². The maximum atomic E-state index is 10.8. The number of hydrogen-bond donors (Lipinski definition) is 1. The van der Waals surface area contributed by atoms with Crippen LogP contribution in [0.2, 0.25) is 0 Å². The second-order valence-corrected chi connectivity index (χ2v) is 3.85. The zero-order chi connectivity index (χ0) is 9.90. The van der Waals surface area contributed by atoms with E-state index >= 15 is 0 Å². The first-order chi connectivity index (χ1) is 6.05. The molecule has 1 aromatic rings. The fraction of sp³-hybridized carbons (Fsp3) is 0.111. The molecule has 4 heteroatoms. The molecule has 0 spiro atoms. The van der Waals surface area contributed by atoms with Crippen LogP contribution in [0.3, 0.4) is 0 Å². The fourth-order valence-corrected chi connectivity index (χ4v) is 1.73. The Morgan fingerprint density at radius 2 is 2.00 bits per heavy atom. The molecular weight excluding hydrogens is 188 g/mol. The molecule has 0 saturated carbocycles. The van der Waals surface area contributed by atoms with Crippen molar-refractivity contribution in [3.05, 3.63) is 29.8 Å². The molecule has 0 radical (unpaired) electrons. The average Bonchev–Trinajstić information content (AvgIpc) is 2.04. The SMILES string of the molecule is C#CCc1ccccc1S(=O)(=O)O. The summed E-state index contributed by atoms with van der Waals surface area (Å²) in [4.78, 5) is -0.118. The standard InChI is InChI=1S/C9H8O3S/c1-2-5-8-6-3-4-7-9(8)13(10,11)12/h1,3-4,6-7H,5H2,(H,10,11,12). The molecule has 13 heavy (non-hydrogen) atoms. The minimum atomic E-state index is -4.15. The van der Waals surface area contributed by atoms with Crippen LogP contribution in [0.25, 0.3) is 0 Å². The lowest BCUT2D eigenvalue weighted by molar-refractivity contribution is 0.482. The van der Waals surface area contributed by atoms with E-state index in [4.69, 9.17) is 11.0 Å². The Hall–Kier alpha value is -1.31. The van der Waals surface area contributed by atoms with E-state index in [1.54, 1.807) is 12.1 Å². The van der Waals surface area contributed by atoms with E-state index in [2.05, 4.69) is 5.92 Å². The first-order valence-electron chi connectivity index (χ1n) is 3.54. The van der Waals surface area contributed by atoms with Crippen molar-refractivity contribution in [3.8, 4) is 12.3 Å². The van der Waals surface area contributed by atoms with E-state index in [0.29, 0.717) is 5.56 Å². The highest BCUT2D eigenvalue weighted by molar-refractivity contribution is 7.85. The number of terminal acetylenes is 1. The molecule has 0 aliphatic heterocycles. The quantitative estimate of drug-likeness (QED) is 0.569. The van der Waals surface area contributed by atoms with Gasteiger partial charge in [0.2, 0.25) is 0 Å². The topological polar surface area (TPSA) is 54.4 Å². The molecule has 0 aliphatic carbocycles. The largest absolute Gasteiger partial charge is 0.294 e. The zero-order valence-electron chi connectivity index (χ0n) is 6.77. The van der Waals surface area contributed by atoms with E-state index in [9.17, 15) is 8.42 Å². The second kappa shape index (κ2) is 3.60. The van der Waals surface area contributed by atoms with E-state index in [-0.39, 0.29) is 11.3 Å². The highest BCUT2D eigenvalue weighted by Crippen LogP contribution is 2.14. The first kappa shape index (κ1) is 9.78. The van der Waals surface area contributed by atoms with Gasteiger partial charge in [-0.1, -0.05) is 18.2 Å². The monoisotopic (exact) mass is 196 g/mol. The Morgan fingerprint density at radius 1 is 1.38 bits per heavy atom. The third-order valence-electron chi connectivity index (χ3n) is 1.54. The summed E-state index contributed by atoms with van der Waals surface area (Å²) in [5.41, 5.74) is 0.438. The van der Waals surface area contributed by atoms with E-state index < -0.39 is 10.1 Å². The van der Waals surface area contributed by atoms with Gasteiger partial charge in [-0.15, -0.1) is 12.3 Å². The average molecular weight is 196 g/mol. The maximum Gasteiger partial charge on any atom is 0.294 e. The molecule has 1 aromatic carbocycles. The minimum Gasteiger partial charge on any atom is -0.282 e. The molecule has 0 aromatic heterocycles. The molecule has 0 saturated heterocycles. The predicted octanol–water partition coefficient (Wildman–Crippen LogP) is 1.11. The van der Waals surface area contributed by atoms with Gasteiger partial charge in [0, 0.05) is 6.42 Å². The summed E-state index contributed by atoms with van der Waals surface area (Å²) in [6, 6.07) is 6.09. The van der Waals surface area contributed by atoms with Gasteiger partial charge in [0.05, 0.1) is 4.90 Å². The van der Waals surface area contributed by atoms with Crippen LogP contribution in [0.15, 0.2) is 29.2 Å². The van der Waals surface area contributed by atoms with Gasteiger partial charge >= 0.3 is 0 Å². The Bertz CT molecular complexity index is 440. The van der Waals surface area contributed by atoms with Crippen molar-refractivity contribution < 1.29 is 13.0 Å². The summed E-state index contributed by atoms with van der Waals surface area (Å²) >= 11 is 0. The summed E-state index contributed by atoms with van der Waals surface area (Å²) in [7, 11) is -4.15. The highest BCUT2D eigenvalue weighted by atomic mass is 32.2. The molecule has 0 amide bonds.